The lowest BCUT2D eigenvalue weighted by Crippen LogP contribution is -2.52. The zero-order valence-electron chi connectivity index (χ0n) is 14.6. The number of hydrogen-bond acceptors (Lipinski definition) is 4. The molecule has 144 valence electrons. The van der Waals surface area contributed by atoms with Gasteiger partial charge in [0.15, 0.2) is 5.11 Å². The fourth-order valence-corrected chi connectivity index (χ4v) is 3.70. The molecule has 0 saturated carbocycles. The second kappa shape index (κ2) is 8.87. The maximum atomic E-state index is 12.6. The molecule has 1 saturated heterocycles. The molecule has 2 heterocycles. The molecule has 0 spiro atoms. The molecular weight excluding hydrogens is 386 g/mol. The number of nitrogens with zero attached hydrogens (tertiary/aromatic N) is 2. The van der Waals surface area contributed by atoms with Gasteiger partial charge in [-0.25, -0.2) is 0 Å². The van der Waals surface area contributed by atoms with Crippen molar-refractivity contribution in [3.63, 3.8) is 0 Å². The second-order valence-corrected chi connectivity index (χ2v) is 7.92. The van der Waals surface area contributed by atoms with E-state index in [2.05, 4.69) is 20.6 Å². The minimum Gasteiger partial charge on any atom is -0.467 e. The standard InChI is InChI=1S/C17H21N5O3S2/c23-27(24,15-8-2-1-3-9-15)21-16(22-10-4-5-11-22)19-20-17(26)18-13-14-7-6-12-25-14/h1-3,6-9,12H,4-5,10-11,13H2,(H,19,21)(H2,18,20,26). The van der Waals surface area contributed by atoms with Gasteiger partial charge in [-0.2, -0.15) is 8.42 Å². The van der Waals surface area contributed by atoms with Gasteiger partial charge in [0.25, 0.3) is 10.0 Å². The summed E-state index contributed by atoms with van der Waals surface area (Å²) in [7, 11) is -3.83. The third-order valence-electron chi connectivity index (χ3n) is 3.94. The predicted molar refractivity (Wildman–Crippen MR) is 106 cm³/mol. The summed E-state index contributed by atoms with van der Waals surface area (Å²) in [6.07, 6.45) is 3.54. The predicted octanol–water partition coefficient (Wildman–Crippen LogP) is 1.59. The lowest BCUT2D eigenvalue weighted by Gasteiger charge is -2.22. The lowest BCUT2D eigenvalue weighted by molar-refractivity contribution is 0.487. The highest BCUT2D eigenvalue weighted by molar-refractivity contribution is 7.90. The minimum atomic E-state index is -3.83. The van der Waals surface area contributed by atoms with Crippen LogP contribution < -0.4 is 16.2 Å². The van der Waals surface area contributed by atoms with Crippen molar-refractivity contribution in [3.8, 4) is 0 Å². The molecule has 1 aromatic heterocycles. The van der Waals surface area contributed by atoms with Crippen LogP contribution in [0.2, 0.25) is 0 Å². The smallest absolute Gasteiger partial charge is 0.285 e. The molecule has 8 nitrogen and oxygen atoms in total. The van der Waals surface area contributed by atoms with Crippen LogP contribution in [-0.2, 0) is 16.6 Å². The monoisotopic (exact) mass is 407 g/mol. The Bertz CT molecular complexity index is 877. The number of thiocarbonyl (C=S) groups is 1. The Hall–Kier alpha value is -2.59. The number of sulfonamides is 1. The largest absolute Gasteiger partial charge is 0.467 e. The van der Waals surface area contributed by atoms with Gasteiger partial charge in [-0.1, -0.05) is 18.2 Å². The molecular formula is C17H21N5O3S2. The first-order valence-electron chi connectivity index (χ1n) is 8.52. The number of guanidine groups is 1. The number of nitrogens with one attached hydrogen (secondary N) is 3. The Balaban J connectivity index is 1.67. The summed E-state index contributed by atoms with van der Waals surface area (Å²) < 4.78 is 34.4. The Morgan fingerprint density at radius 2 is 1.85 bits per heavy atom. The van der Waals surface area contributed by atoms with Crippen LogP contribution in [0.15, 0.2) is 62.4 Å². The molecule has 3 rings (SSSR count). The summed E-state index contributed by atoms with van der Waals surface area (Å²) in [6.45, 7) is 1.87. The van der Waals surface area contributed by atoms with Crippen molar-refractivity contribution < 1.29 is 12.8 Å². The number of likely N-dealkylation sites (tertiary alicyclic amines) is 1. The highest BCUT2D eigenvalue weighted by atomic mass is 32.2. The number of benzene rings is 1. The average molecular weight is 408 g/mol. The molecule has 2 aromatic rings. The highest BCUT2D eigenvalue weighted by Gasteiger charge is 2.21. The van der Waals surface area contributed by atoms with E-state index in [0.717, 1.165) is 31.7 Å². The number of hydrogen-bond donors (Lipinski definition) is 3. The van der Waals surface area contributed by atoms with E-state index in [-0.39, 0.29) is 10.9 Å². The Morgan fingerprint density at radius 1 is 1.11 bits per heavy atom. The lowest BCUT2D eigenvalue weighted by atomic mass is 10.4. The van der Waals surface area contributed by atoms with E-state index >= 15 is 0 Å². The van der Waals surface area contributed by atoms with Gasteiger partial charge in [0.05, 0.1) is 17.7 Å². The van der Waals surface area contributed by atoms with Crippen LogP contribution in [0.5, 0.6) is 0 Å². The Labute approximate surface area is 163 Å². The van der Waals surface area contributed by atoms with E-state index in [1.54, 1.807) is 30.5 Å². The highest BCUT2D eigenvalue weighted by Crippen LogP contribution is 2.14. The van der Waals surface area contributed by atoms with Crippen molar-refractivity contribution >= 4 is 33.3 Å². The van der Waals surface area contributed by atoms with Crippen molar-refractivity contribution in [2.75, 3.05) is 13.1 Å². The molecule has 0 bridgehead atoms. The fourth-order valence-electron chi connectivity index (χ4n) is 2.58. The van der Waals surface area contributed by atoms with Gasteiger partial charge in [0.1, 0.15) is 5.76 Å². The molecule has 0 radical (unpaired) electrons. The first-order valence-corrected chi connectivity index (χ1v) is 10.4. The SMILES string of the molecule is O=S(=O)(/N=C(\NNC(=S)NCc1ccco1)N1CCCC1)c1ccccc1. The van der Waals surface area contributed by atoms with Crippen LogP contribution in [0.3, 0.4) is 0 Å². The molecule has 3 N–H and O–H groups in total. The molecule has 0 amide bonds. The summed E-state index contributed by atoms with van der Waals surface area (Å²) in [5.74, 6) is 0.956. The van der Waals surface area contributed by atoms with Gasteiger partial charge in [-0.3, -0.25) is 10.9 Å². The third-order valence-corrected chi connectivity index (χ3v) is 5.47. The first-order chi connectivity index (χ1) is 13.0. The Morgan fingerprint density at radius 3 is 2.52 bits per heavy atom. The summed E-state index contributed by atoms with van der Waals surface area (Å²) in [5, 5.41) is 3.27. The fraction of sp³-hybridized carbons (Fsp3) is 0.294. The van der Waals surface area contributed by atoms with E-state index in [1.165, 1.54) is 12.1 Å². The third kappa shape index (κ3) is 5.44. The van der Waals surface area contributed by atoms with Gasteiger partial charge in [0, 0.05) is 13.1 Å². The molecule has 27 heavy (non-hydrogen) atoms. The van der Waals surface area contributed by atoms with Crippen molar-refractivity contribution in [2.24, 2.45) is 4.40 Å². The van der Waals surface area contributed by atoms with Gasteiger partial charge >= 0.3 is 0 Å². The number of furan rings is 1. The van der Waals surface area contributed by atoms with Crippen LogP contribution in [0.4, 0.5) is 0 Å². The molecule has 0 atom stereocenters. The quantitative estimate of drug-likeness (QED) is 0.304. The summed E-state index contributed by atoms with van der Waals surface area (Å²) in [4.78, 5) is 2.02. The maximum absolute atomic E-state index is 12.6. The average Bonchev–Trinajstić information content (AvgIpc) is 3.38. The molecule has 0 aliphatic carbocycles. The van der Waals surface area contributed by atoms with Crippen molar-refractivity contribution in [1.82, 2.24) is 21.1 Å². The van der Waals surface area contributed by atoms with Crippen molar-refractivity contribution in [3.05, 3.63) is 54.5 Å². The minimum absolute atomic E-state index is 0.141. The van der Waals surface area contributed by atoms with Gasteiger partial charge < -0.3 is 14.6 Å². The van der Waals surface area contributed by atoms with Crippen molar-refractivity contribution in [2.45, 2.75) is 24.3 Å². The van der Waals surface area contributed by atoms with E-state index in [0.29, 0.717) is 11.7 Å². The van der Waals surface area contributed by atoms with Gasteiger partial charge in [0.2, 0.25) is 5.96 Å². The zero-order valence-corrected chi connectivity index (χ0v) is 16.2. The first kappa shape index (κ1) is 19.2. The number of rotatable bonds is 4. The van der Waals surface area contributed by atoms with Crippen LogP contribution in [0, 0.1) is 0 Å². The molecule has 1 fully saturated rings. The second-order valence-electron chi connectivity index (χ2n) is 5.91. The van der Waals surface area contributed by atoms with E-state index < -0.39 is 10.0 Å². The van der Waals surface area contributed by atoms with E-state index in [9.17, 15) is 8.42 Å². The van der Waals surface area contributed by atoms with Gasteiger partial charge in [-0.15, -0.1) is 4.40 Å². The number of hydrazine groups is 1. The normalized spacial score (nSPS) is 14.8. The maximum Gasteiger partial charge on any atom is 0.285 e. The molecule has 1 aromatic carbocycles. The van der Waals surface area contributed by atoms with Crippen LogP contribution in [-0.4, -0.2) is 37.5 Å². The van der Waals surface area contributed by atoms with Crippen molar-refractivity contribution in [1.29, 1.82) is 0 Å². The molecule has 1 aliphatic heterocycles. The van der Waals surface area contributed by atoms with E-state index in [1.807, 2.05) is 11.0 Å². The summed E-state index contributed by atoms with van der Waals surface area (Å²) in [5.41, 5.74) is 5.62. The Kier molecular flexibility index (Phi) is 6.30. The zero-order chi connectivity index (χ0) is 19.1. The summed E-state index contributed by atoms with van der Waals surface area (Å²) >= 11 is 5.21. The van der Waals surface area contributed by atoms with E-state index in [4.69, 9.17) is 16.6 Å². The van der Waals surface area contributed by atoms with Crippen LogP contribution in [0.1, 0.15) is 18.6 Å². The summed E-state index contributed by atoms with van der Waals surface area (Å²) in [6, 6.07) is 11.7. The molecule has 0 unspecified atom stereocenters. The van der Waals surface area contributed by atoms with Crippen LogP contribution in [0.25, 0.3) is 0 Å². The van der Waals surface area contributed by atoms with Gasteiger partial charge in [-0.05, 0) is 49.3 Å². The topological polar surface area (TPSA) is 99.0 Å². The van der Waals surface area contributed by atoms with Crippen LogP contribution >= 0.6 is 12.2 Å². The molecule has 1 aliphatic rings. The molecule has 10 heteroatoms.